The van der Waals surface area contributed by atoms with Crippen molar-refractivity contribution in [2.75, 3.05) is 11.1 Å². The van der Waals surface area contributed by atoms with Crippen molar-refractivity contribution in [3.05, 3.63) is 44.5 Å². The first-order chi connectivity index (χ1) is 8.56. The van der Waals surface area contributed by atoms with Crippen molar-refractivity contribution < 1.29 is 9.90 Å². The summed E-state index contributed by atoms with van der Waals surface area (Å²) < 4.78 is 0. The summed E-state index contributed by atoms with van der Waals surface area (Å²) in [5.41, 5.74) is 7.36. The first-order valence-corrected chi connectivity index (χ1v) is 5.97. The van der Waals surface area contributed by atoms with E-state index in [0.717, 1.165) is 17.0 Å². The third-order valence-corrected chi connectivity index (χ3v) is 3.05. The largest absolute Gasteiger partial charge is 0.478 e. The Morgan fingerprint density at radius 1 is 1.50 bits per heavy atom. The van der Waals surface area contributed by atoms with Crippen molar-refractivity contribution in [3.8, 4) is 0 Å². The number of nitrogen functional groups attached to an aromatic ring is 1. The highest BCUT2D eigenvalue weighted by Crippen LogP contribution is 2.18. The monoisotopic (exact) mass is 265 g/mol. The number of rotatable bonds is 4. The zero-order chi connectivity index (χ0) is 13.1. The number of aromatic nitrogens is 1. The van der Waals surface area contributed by atoms with Gasteiger partial charge in [0.15, 0.2) is 0 Å². The molecule has 6 nitrogen and oxygen atoms in total. The number of hydrogen-bond acceptors (Lipinski definition) is 5. The predicted molar refractivity (Wildman–Crippen MR) is 70.1 cm³/mol. The van der Waals surface area contributed by atoms with E-state index in [0.29, 0.717) is 12.2 Å². The van der Waals surface area contributed by atoms with Crippen LogP contribution in [0.15, 0.2) is 28.4 Å². The maximum atomic E-state index is 10.9. The maximum absolute atomic E-state index is 10.9. The molecule has 94 valence electrons. The van der Waals surface area contributed by atoms with E-state index in [1.54, 1.807) is 17.5 Å². The molecular formula is C11H11N3O3S. The molecule has 0 bridgehead atoms. The van der Waals surface area contributed by atoms with Gasteiger partial charge in [-0.3, -0.25) is 4.79 Å². The Morgan fingerprint density at radius 2 is 2.28 bits per heavy atom. The minimum absolute atomic E-state index is 0.0736. The summed E-state index contributed by atoms with van der Waals surface area (Å²) in [5, 5.41) is 13.6. The molecule has 0 unspecified atom stereocenters. The van der Waals surface area contributed by atoms with Crippen LogP contribution in [0.3, 0.4) is 0 Å². The molecule has 2 rings (SSSR count). The van der Waals surface area contributed by atoms with Crippen molar-refractivity contribution >= 4 is 28.7 Å². The van der Waals surface area contributed by atoms with Gasteiger partial charge < -0.3 is 21.1 Å². The molecule has 2 aromatic rings. The fourth-order valence-corrected chi connectivity index (χ4v) is 2.05. The number of anilines is 2. The SMILES string of the molecule is Nc1cc(NCc2csc(=O)[nH]2)ccc1C(=O)O. The van der Waals surface area contributed by atoms with Gasteiger partial charge in [-0.15, -0.1) is 0 Å². The lowest BCUT2D eigenvalue weighted by Crippen LogP contribution is -2.05. The molecule has 1 heterocycles. The molecule has 1 aromatic carbocycles. The van der Waals surface area contributed by atoms with E-state index in [4.69, 9.17) is 10.8 Å². The molecule has 0 atom stereocenters. The van der Waals surface area contributed by atoms with Gasteiger partial charge in [0.2, 0.25) is 0 Å². The molecule has 0 saturated carbocycles. The second-order valence-corrected chi connectivity index (χ2v) is 4.48. The molecule has 0 saturated heterocycles. The Labute approximate surface area is 106 Å². The highest BCUT2D eigenvalue weighted by atomic mass is 32.1. The van der Waals surface area contributed by atoms with Gasteiger partial charge in [-0.2, -0.15) is 0 Å². The van der Waals surface area contributed by atoms with Crippen LogP contribution >= 0.6 is 11.3 Å². The van der Waals surface area contributed by atoms with Crippen LogP contribution in [-0.4, -0.2) is 16.1 Å². The molecule has 0 aliphatic carbocycles. The molecule has 0 radical (unpaired) electrons. The smallest absolute Gasteiger partial charge is 0.337 e. The first kappa shape index (κ1) is 12.2. The molecule has 5 N–H and O–H groups in total. The van der Waals surface area contributed by atoms with E-state index in [1.165, 1.54) is 6.07 Å². The number of carboxylic acid groups (broad SMARTS) is 1. The molecule has 0 aliphatic rings. The van der Waals surface area contributed by atoms with E-state index < -0.39 is 5.97 Å². The fourth-order valence-electron chi connectivity index (χ4n) is 1.47. The number of carboxylic acids is 1. The number of aromatic carboxylic acids is 1. The van der Waals surface area contributed by atoms with Gasteiger partial charge in [-0.1, -0.05) is 11.3 Å². The standard InChI is InChI=1S/C11H11N3O3S/c12-9-3-6(1-2-8(9)10(15)16)13-4-7-5-18-11(17)14-7/h1-3,5,13H,4,12H2,(H,14,17)(H,15,16). The van der Waals surface area contributed by atoms with Gasteiger partial charge in [0.1, 0.15) is 0 Å². The second-order valence-electron chi connectivity index (χ2n) is 3.63. The summed E-state index contributed by atoms with van der Waals surface area (Å²) in [7, 11) is 0. The summed E-state index contributed by atoms with van der Waals surface area (Å²) in [4.78, 5) is 24.3. The summed E-state index contributed by atoms with van der Waals surface area (Å²) in [6, 6.07) is 4.62. The highest BCUT2D eigenvalue weighted by molar-refractivity contribution is 7.07. The minimum Gasteiger partial charge on any atom is -0.478 e. The topological polar surface area (TPSA) is 108 Å². The molecule has 0 aliphatic heterocycles. The van der Waals surface area contributed by atoms with Crippen molar-refractivity contribution in [2.45, 2.75) is 6.54 Å². The van der Waals surface area contributed by atoms with Gasteiger partial charge in [-0.05, 0) is 18.2 Å². The van der Waals surface area contributed by atoms with E-state index in [1.807, 2.05) is 0 Å². The first-order valence-electron chi connectivity index (χ1n) is 5.09. The van der Waals surface area contributed by atoms with Crippen LogP contribution in [0, 0.1) is 0 Å². The van der Waals surface area contributed by atoms with E-state index in [2.05, 4.69) is 10.3 Å². The summed E-state index contributed by atoms with van der Waals surface area (Å²) in [6.45, 7) is 0.449. The lowest BCUT2D eigenvalue weighted by atomic mass is 10.1. The summed E-state index contributed by atoms with van der Waals surface area (Å²) in [5.74, 6) is -1.05. The summed E-state index contributed by atoms with van der Waals surface area (Å²) >= 11 is 1.10. The van der Waals surface area contributed by atoms with E-state index in [9.17, 15) is 9.59 Å². The number of hydrogen-bond donors (Lipinski definition) is 4. The Balaban J connectivity index is 2.08. The van der Waals surface area contributed by atoms with Gasteiger partial charge in [0.05, 0.1) is 12.1 Å². The zero-order valence-corrected chi connectivity index (χ0v) is 10.1. The molecule has 7 heteroatoms. The maximum Gasteiger partial charge on any atom is 0.337 e. The quantitative estimate of drug-likeness (QED) is 0.624. The van der Waals surface area contributed by atoms with Gasteiger partial charge in [0.25, 0.3) is 0 Å². The number of nitrogens with one attached hydrogen (secondary N) is 2. The van der Waals surface area contributed by atoms with Crippen LogP contribution in [-0.2, 0) is 6.54 Å². The molecule has 0 amide bonds. The van der Waals surface area contributed by atoms with Crippen LogP contribution in [0.25, 0.3) is 0 Å². The number of carbonyl (C=O) groups is 1. The minimum atomic E-state index is -1.05. The fraction of sp³-hybridized carbons (Fsp3) is 0.0909. The van der Waals surface area contributed by atoms with Gasteiger partial charge in [0, 0.05) is 22.4 Å². The Bertz CT molecular complexity index is 632. The molecule has 0 fully saturated rings. The van der Waals surface area contributed by atoms with E-state index in [-0.39, 0.29) is 16.1 Å². The number of thiazole rings is 1. The second kappa shape index (κ2) is 4.92. The van der Waals surface area contributed by atoms with Crippen molar-refractivity contribution in [1.29, 1.82) is 0 Å². The van der Waals surface area contributed by atoms with Crippen molar-refractivity contribution in [2.24, 2.45) is 0 Å². The highest BCUT2D eigenvalue weighted by Gasteiger charge is 2.07. The van der Waals surface area contributed by atoms with Crippen LogP contribution in [0.5, 0.6) is 0 Å². The van der Waals surface area contributed by atoms with Crippen LogP contribution in [0.2, 0.25) is 0 Å². The molecule has 0 spiro atoms. The number of aromatic amines is 1. The molecule has 18 heavy (non-hydrogen) atoms. The van der Waals surface area contributed by atoms with Crippen LogP contribution in [0.1, 0.15) is 16.1 Å². The van der Waals surface area contributed by atoms with Crippen molar-refractivity contribution in [3.63, 3.8) is 0 Å². The van der Waals surface area contributed by atoms with Crippen LogP contribution in [0.4, 0.5) is 11.4 Å². The zero-order valence-electron chi connectivity index (χ0n) is 9.27. The molecular weight excluding hydrogens is 254 g/mol. The van der Waals surface area contributed by atoms with Crippen molar-refractivity contribution in [1.82, 2.24) is 4.98 Å². The average Bonchev–Trinajstić information content (AvgIpc) is 2.72. The number of benzene rings is 1. The number of H-pyrrole nitrogens is 1. The lowest BCUT2D eigenvalue weighted by Gasteiger charge is -2.07. The Morgan fingerprint density at radius 3 is 2.83 bits per heavy atom. The lowest BCUT2D eigenvalue weighted by molar-refractivity contribution is 0.0698. The summed E-state index contributed by atoms with van der Waals surface area (Å²) in [6.07, 6.45) is 0. The van der Waals surface area contributed by atoms with Gasteiger partial charge in [-0.25, -0.2) is 4.79 Å². The third-order valence-electron chi connectivity index (χ3n) is 2.34. The van der Waals surface area contributed by atoms with Crippen LogP contribution < -0.4 is 15.9 Å². The number of nitrogens with two attached hydrogens (primary N) is 1. The van der Waals surface area contributed by atoms with Gasteiger partial charge >= 0.3 is 10.8 Å². The normalized spacial score (nSPS) is 10.2. The average molecular weight is 265 g/mol. The predicted octanol–water partition coefficient (Wildman–Crippen LogP) is 1.33. The Hall–Kier alpha value is -2.28. The molecule has 1 aromatic heterocycles. The van der Waals surface area contributed by atoms with E-state index >= 15 is 0 Å². The Kier molecular flexibility index (Phi) is 3.33. The third kappa shape index (κ3) is 2.69.